The van der Waals surface area contributed by atoms with Gasteiger partial charge in [-0.3, -0.25) is 13.9 Å². The first-order chi connectivity index (χ1) is 15.5. The summed E-state index contributed by atoms with van der Waals surface area (Å²) < 4.78 is 40.4. The van der Waals surface area contributed by atoms with Gasteiger partial charge in [0.05, 0.1) is 33.3 Å². The number of fused-ring (bicyclic) bond motifs is 1. The Morgan fingerprint density at radius 1 is 1.18 bits per heavy atom. The molecule has 12 heteroatoms. The lowest BCUT2D eigenvalue weighted by Gasteiger charge is -2.27. The minimum Gasteiger partial charge on any atom is -0.477 e. The number of aromatic carboxylic acids is 1. The van der Waals surface area contributed by atoms with E-state index in [-0.39, 0.29) is 38.2 Å². The summed E-state index contributed by atoms with van der Waals surface area (Å²) in [4.78, 5) is 37.6. The van der Waals surface area contributed by atoms with Gasteiger partial charge in [0.15, 0.2) is 0 Å². The molecule has 0 fully saturated rings. The van der Waals surface area contributed by atoms with E-state index in [0.717, 1.165) is 33.8 Å². The number of amides is 2. The number of hydrogen-bond donors (Lipinski definition) is 1. The summed E-state index contributed by atoms with van der Waals surface area (Å²) >= 11 is 7.05. The lowest BCUT2D eigenvalue weighted by Crippen LogP contribution is -2.43. The summed E-state index contributed by atoms with van der Waals surface area (Å²) in [5.41, 5.74) is 0.167. The monoisotopic (exact) mass is 508 g/mol. The molecule has 2 aromatic carbocycles. The van der Waals surface area contributed by atoms with Gasteiger partial charge in [-0.2, -0.15) is 0 Å². The van der Waals surface area contributed by atoms with Crippen molar-refractivity contribution < 1.29 is 32.3 Å². The second-order valence-electron chi connectivity index (χ2n) is 7.04. The van der Waals surface area contributed by atoms with E-state index in [4.69, 9.17) is 11.6 Å². The van der Waals surface area contributed by atoms with Crippen molar-refractivity contribution in [1.82, 2.24) is 0 Å². The number of carboxylic acid groups (broad SMARTS) is 1. The molecular weight excluding hydrogens is 495 g/mol. The van der Waals surface area contributed by atoms with E-state index in [1.807, 2.05) is 0 Å². The van der Waals surface area contributed by atoms with Crippen molar-refractivity contribution in [2.75, 3.05) is 16.3 Å². The molecule has 0 spiro atoms. The molecule has 2 heterocycles. The third-order valence-electron chi connectivity index (χ3n) is 5.08. The van der Waals surface area contributed by atoms with Crippen LogP contribution in [0.4, 0.5) is 15.8 Å². The largest absolute Gasteiger partial charge is 0.477 e. The van der Waals surface area contributed by atoms with Gasteiger partial charge in [0, 0.05) is 7.05 Å². The molecule has 0 unspecified atom stereocenters. The summed E-state index contributed by atoms with van der Waals surface area (Å²) in [5.74, 6) is -3.42. The van der Waals surface area contributed by atoms with Crippen molar-refractivity contribution in [1.29, 1.82) is 0 Å². The number of benzene rings is 2. The predicted octanol–water partition coefficient (Wildman–Crippen LogP) is 3.79. The molecule has 3 aromatic rings. The van der Waals surface area contributed by atoms with E-state index in [0.29, 0.717) is 10.5 Å². The zero-order valence-electron chi connectivity index (χ0n) is 16.8. The van der Waals surface area contributed by atoms with Gasteiger partial charge in [0.2, 0.25) is 5.91 Å². The standard InChI is InChI=1S/C21H14ClFN2O6S2/c1-24(13-4-2-12(23)3-5-13)33(30,31)14-6-7-15(22)16(9-14)25-17(26)8-11-10-32-19(21(28)29)18(11)20(25)27/h2-7,9-10H,8H2,1H3,(H,28,29). The van der Waals surface area contributed by atoms with Crippen LogP contribution < -0.4 is 9.21 Å². The summed E-state index contributed by atoms with van der Waals surface area (Å²) in [5, 5.41) is 10.7. The van der Waals surface area contributed by atoms with E-state index in [1.165, 1.54) is 36.7 Å². The van der Waals surface area contributed by atoms with E-state index in [9.17, 15) is 32.3 Å². The number of carbonyl (C=O) groups is 3. The molecule has 0 saturated heterocycles. The Balaban J connectivity index is 1.78. The highest BCUT2D eigenvalue weighted by Crippen LogP contribution is 2.36. The van der Waals surface area contributed by atoms with Gasteiger partial charge in [-0.25, -0.2) is 22.5 Å². The minimum atomic E-state index is -4.18. The van der Waals surface area contributed by atoms with Crippen LogP contribution in [0.15, 0.2) is 52.7 Å². The maximum absolute atomic E-state index is 13.2. The van der Waals surface area contributed by atoms with Gasteiger partial charge in [-0.15, -0.1) is 11.3 Å². The summed E-state index contributed by atoms with van der Waals surface area (Å²) in [6, 6.07) is 8.30. The number of nitrogens with zero attached hydrogens (tertiary/aromatic N) is 2. The maximum Gasteiger partial charge on any atom is 0.346 e. The Bertz CT molecular complexity index is 1420. The van der Waals surface area contributed by atoms with Crippen molar-refractivity contribution >= 4 is 62.1 Å². The number of carboxylic acids is 1. The lowest BCUT2D eigenvalue weighted by molar-refractivity contribution is -0.117. The van der Waals surface area contributed by atoms with Gasteiger partial charge in [-0.05, 0) is 53.4 Å². The molecule has 1 aromatic heterocycles. The first-order valence-electron chi connectivity index (χ1n) is 9.27. The van der Waals surface area contributed by atoms with Gasteiger partial charge in [0.25, 0.3) is 15.9 Å². The van der Waals surface area contributed by atoms with Crippen LogP contribution in [-0.4, -0.2) is 38.4 Å². The highest BCUT2D eigenvalue weighted by atomic mass is 35.5. The first kappa shape index (κ1) is 22.9. The Labute approximate surface area is 196 Å². The van der Waals surface area contributed by atoms with Crippen LogP contribution in [0.3, 0.4) is 0 Å². The van der Waals surface area contributed by atoms with Crippen molar-refractivity contribution in [2.24, 2.45) is 0 Å². The van der Waals surface area contributed by atoms with Gasteiger partial charge in [-0.1, -0.05) is 11.6 Å². The summed E-state index contributed by atoms with van der Waals surface area (Å²) in [6.07, 6.45) is -0.242. The highest BCUT2D eigenvalue weighted by molar-refractivity contribution is 7.92. The van der Waals surface area contributed by atoms with Gasteiger partial charge < -0.3 is 5.11 Å². The topological polar surface area (TPSA) is 112 Å². The number of imide groups is 1. The maximum atomic E-state index is 13.2. The SMILES string of the molecule is CN(c1ccc(F)cc1)S(=O)(=O)c1ccc(Cl)c(N2C(=O)Cc3csc(C(=O)O)c3C2=O)c1. The second kappa shape index (κ2) is 8.25. The molecule has 1 N–H and O–H groups in total. The van der Waals surface area contributed by atoms with Crippen molar-refractivity contribution in [2.45, 2.75) is 11.3 Å². The normalized spacial score (nSPS) is 13.7. The molecule has 0 aliphatic carbocycles. The Morgan fingerprint density at radius 3 is 2.48 bits per heavy atom. The fraction of sp³-hybridized carbons (Fsp3) is 0.0952. The fourth-order valence-electron chi connectivity index (χ4n) is 3.40. The van der Waals surface area contributed by atoms with Gasteiger partial charge >= 0.3 is 5.97 Å². The van der Waals surface area contributed by atoms with E-state index in [1.54, 1.807) is 0 Å². The van der Waals surface area contributed by atoms with Crippen LogP contribution in [-0.2, 0) is 21.2 Å². The first-order valence-corrected chi connectivity index (χ1v) is 12.0. The Morgan fingerprint density at radius 2 is 1.85 bits per heavy atom. The minimum absolute atomic E-state index is 0.0735. The van der Waals surface area contributed by atoms with Crippen LogP contribution >= 0.6 is 22.9 Å². The average molecular weight is 509 g/mol. The third-order valence-corrected chi connectivity index (χ3v) is 8.19. The van der Waals surface area contributed by atoms with Crippen LogP contribution in [0.25, 0.3) is 0 Å². The zero-order chi connectivity index (χ0) is 24.1. The van der Waals surface area contributed by atoms with E-state index >= 15 is 0 Å². The fourth-order valence-corrected chi connectivity index (χ4v) is 5.72. The van der Waals surface area contributed by atoms with Crippen molar-refractivity contribution in [3.63, 3.8) is 0 Å². The summed E-state index contributed by atoms with van der Waals surface area (Å²) in [7, 11) is -2.91. The molecule has 0 radical (unpaired) electrons. The molecule has 0 saturated carbocycles. The number of sulfonamides is 1. The van der Waals surface area contributed by atoms with Crippen LogP contribution in [0.1, 0.15) is 25.6 Å². The van der Waals surface area contributed by atoms with Crippen LogP contribution in [0.2, 0.25) is 5.02 Å². The lowest BCUT2D eigenvalue weighted by atomic mass is 10.0. The van der Waals surface area contributed by atoms with Crippen molar-refractivity contribution in [3.8, 4) is 0 Å². The molecule has 170 valence electrons. The molecule has 33 heavy (non-hydrogen) atoms. The number of anilines is 2. The summed E-state index contributed by atoms with van der Waals surface area (Å²) in [6.45, 7) is 0. The quantitative estimate of drug-likeness (QED) is 0.525. The second-order valence-corrected chi connectivity index (χ2v) is 10.3. The molecule has 0 bridgehead atoms. The molecule has 2 amide bonds. The zero-order valence-corrected chi connectivity index (χ0v) is 19.2. The highest BCUT2D eigenvalue weighted by Gasteiger charge is 2.38. The number of hydrogen-bond acceptors (Lipinski definition) is 6. The molecule has 1 aliphatic rings. The number of rotatable bonds is 5. The van der Waals surface area contributed by atoms with Gasteiger partial charge in [0.1, 0.15) is 10.7 Å². The smallest absolute Gasteiger partial charge is 0.346 e. The molecule has 4 rings (SSSR count). The Kier molecular flexibility index (Phi) is 5.72. The van der Waals surface area contributed by atoms with Crippen LogP contribution in [0, 0.1) is 5.82 Å². The third kappa shape index (κ3) is 3.88. The van der Waals surface area contributed by atoms with Crippen LogP contribution in [0.5, 0.6) is 0 Å². The predicted molar refractivity (Wildman–Crippen MR) is 120 cm³/mol. The van der Waals surface area contributed by atoms with Crippen molar-refractivity contribution in [3.05, 3.63) is 74.7 Å². The molecule has 0 atom stereocenters. The molecule has 8 nitrogen and oxygen atoms in total. The number of thiophene rings is 1. The number of carbonyl (C=O) groups excluding carboxylic acids is 2. The van der Waals surface area contributed by atoms with E-state index in [2.05, 4.69) is 0 Å². The molecular formula is C21H14ClFN2O6S2. The average Bonchev–Trinajstić information content (AvgIpc) is 3.19. The molecule has 1 aliphatic heterocycles. The van der Waals surface area contributed by atoms with E-state index < -0.39 is 33.6 Å². The number of halogens is 2. The Hall–Kier alpha value is -3.28.